The number of methoxy groups -OCH3 is 1. The predicted octanol–water partition coefficient (Wildman–Crippen LogP) is 5.42. The molecule has 2 aromatic carbocycles. The summed E-state index contributed by atoms with van der Waals surface area (Å²) in [6, 6.07) is 15.7. The third-order valence-electron chi connectivity index (χ3n) is 5.90. The summed E-state index contributed by atoms with van der Waals surface area (Å²) in [6.45, 7) is 7.70. The molecule has 0 saturated heterocycles. The first-order valence-corrected chi connectivity index (χ1v) is 10.6. The zero-order chi connectivity index (χ0) is 23.9. The van der Waals surface area contributed by atoms with Crippen molar-refractivity contribution in [3.05, 3.63) is 99.8 Å². The number of amides is 1. The summed E-state index contributed by atoms with van der Waals surface area (Å²) in [6.07, 6.45) is 1.73. The predicted molar refractivity (Wildman–Crippen MR) is 127 cm³/mol. The number of halogens is 1. The smallest absolute Gasteiger partial charge is 0.340 e. The number of carbonyl (C=O) groups is 2. The molecule has 0 fully saturated rings. The molecule has 1 aliphatic rings. The zero-order valence-corrected chi connectivity index (χ0v) is 19.3. The molecule has 5 nitrogen and oxygen atoms in total. The first kappa shape index (κ1) is 22.3. The molecular weight excluding hydrogens is 419 g/mol. The molecule has 1 aliphatic heterocycles. The maximum atomic E-state index is 13.5. The highest BCUT2D eigenvalue weighted by Gasteiger charge is 2.38. The average Bonchev–Trinajstić information content (AvgIpc) is 3.20. The van der Waals surface area contributed by atoms with Crippen LogP contribution in [0, 0.1) is 26.6 Å². The number of benzene rings is 2. The lowest BCUT2D eigenvalue weighted by Crippen LogP contribution is -2.24. The molecule has 0 atom stereocenters. The summed E-state index contributed by atoms with van der Waals surface area (Å²) in [4.78, 5) is 27.5. The van der Waals surface area contributed by atoms with E-state index < -0.39 is 11.8 Å². The van der Waals surface area contributed by atoms with Crippen molar-refractivity contribution in [2.75, 3.05) is 12.0 Å². The van der Waals surface area contributed by atoms with Crippen molar-refractivity contribution in [3.63, 3.8) is 0 Å². The van der Waals surface area contributed by atoms with Crippen LogP contribution in [0.1, 0.15) is 29.4 Å². The van der Waals surface area contributed by atoms with Gasteiger partial charge in [-0.3, -0.25) is 9.69 Å². The lowest BCUT2D eigenvalue weighted by molar-refractivity contribution is -0.136. The number of anilines is 1. The first-order valence-electron chi connectivity index (χ1n) is 10.6. The van der Waals surface area contributed by atoms with Crippen LogP contribution in [0.4, 0.5) is 10.1 Å². The third kappa shape index (κ3) is 3.89. The van der Waals surface area contributed by atoms with Crippen LogP contribution in [0.25, 0.3) is 11.8 Å². The number of aromatic nitrogens is 1. The second-order valence-corrected chi connectivity index (χ2v) is 8.13. The van der Waals surface area contributed by atoms with E-state index in [0.717, 1.165) is 28.2 Å². The Morgan fingerprint density at radius 2 is 1.67 bits per heavy atom. The largest absolute Gasteiger partial charge is 0.465 e. The Kier molecular flexibility index (Phi) is 5.77. The van der Waals surface area contributed by atoms with Crippen LogP contribution in [0.15, 0.2) is 71.4 Å². The van der Waals surface area contributed by atoms with Gasteiger partial charge in [-0.15, -0.1) is 0 Å². The maximum Gasteiger partial charge on any atom is 0.340 e. The van der Waals surface area contributed by atoms with Crippen molar-refractivity contribution in [2.24, 2.45) is 0 Å². The second kappa shape index (κ2) is 8.54. The highest BCUT2D eigenvalue weighted by molar-refractivity contribution is 6.23. The fourth-order valence-corrected chi connectivity index (χ4v) is 4.33. The van der Waals surface area contributed by atoms with Gasteiger partial charge in [-0.2, -0.15) is 0 Å². The Labute approximate surface area is 192 Å². The summed E-state index contributed by atoms with van der Waals surface area (Å²) >= 11 is 0. The topological polar surface area (TPSA) is 51.5 Å². The Balaban J connectivity index is 1.85. The van der Waals surface area contributed by atoms with Crippen LogP contribution in [0.2, 0.25) is 0 Å². The molecule has 0 radical (unpaired) electrons. The number of nitrogens with zero attached hydrogens (tertiary/aromatic N) is 2. The molecule has 168 valence electrons. The minimum Gasteiger partial charge on any atom is -0.465 e. The molecule has 1 amide bonds. The van der Waals surface area contributed by atoms with E-state index in [2.05, 4.69) is 10.6 Å². The van der Waals surface area contributed by atoms with Crippen LogP contribution in [-0.4, -0.2) is 23.6 Å². The van der Waals surface area contributed by atoms with E-state index in [1.807, 2.05) is 45.0 Å². The van der Waals surface area contributed by atoms with Crippen LogP contribution >= 0.6 is 0 Å². The van der Waals surface area contributed by atoms with Gasteiger partial charge < -0.3 is 9.30 Å². The number of rotatable bonds is 4. The van der Waals surface area contributed by atoms with Crippen LogP contribution in [-0.2, 0) is 14.3 Å². The zero-order valence-electron chi connectivity index (χ0n) is 19.3. The van der Waals surface area contributed by atoms with Gasteiger partial charge in [0.05, 0.1) is 18.3 Å². The van der Waals surface area contributed by atoms with Gasteiger partial charge in [-0.25, -0.2) is 9.18 Å². The molecule has 33 heavy (non-hydrogen) atoms. The van der Waals surface area contributed by atoms with E-state index in [4.69, 9.17) is 4.74 Å². The van der Waals surface area contributed by atoms with E-state index in [-0.39, 0.29) is 17.1 Å². The Hall–Kier alpha value is -3.93. The summed E-state index contributed by atoms with van der Waals surface area (Å²) in [5.41, 5.74) is 6.32. The van der Waals surface area contributed by atoms with E-state index in [9.17, 15) is 14.0 Å². The number of hydrogen-bond acceptors (Lipinski definition) is 3. The van der Waals surface area contributed by atoms with Crippen molar-refractivity contribution in [3.8, 4) is 5.69 Å². The fourth-order valence-electron chi connectivity index (χ4n) is 4.33. The van der Waals surface area contributed by atoms with Gasteiger partial charge in [0.1, 0.15) is 5.82 Å². The molecule has 1 aromatic heterocycles. The molecule has 4 rings (SSSR count). The van der Waals surface area contributed by atoms with E-state index in [1.165, 1.54) is 36.3 Å². The Morgan fingerprint density at radius 1 is 0.970 bits per heavy atom. The lowest BCUT2D eigenvalue weighted by atomic mass is 10.0. The Morgan fingerprint density at radius 3 is 2.30 bits per heavy atom. The van der Waals surface area contributed by atoms with Gasteiger partial charge >= 0.3 is 5.97 Å². The van der Waals surface area contributed by atoms with Gasteiger partial charge in [0, 0.05) is 28.5 Å². The first-order chi connectivity index (χ1) is 15.7. The number of allylic oxidation sites excluding steroid dienone is 1. The number of esters is 1. The van der Waals surface area contributed by atoms with E-state index in [1.54, 1.807) is 13.0 Å². The van der Waals surface area contributed by atoms with Crippen LogP contribution < -0.4 is 4.90 Å². The molecule has 0 saturated carbocycles. The van der Waals surface area contributed by atoms with Crippen LogP contribution in [0.3, 0.4) is 0 Å². The summed E-state index contributed by atoms with van der Waals surface area (Å²) in [5, 5.41) is 0. The van der Waals surface area contributed by atoms with E-state index in [0.29, 0.717) is 11.4 Å². The van der Waals surface area contributed by atoms with Gasteiger partial charge in [-0.05, 0) is 87.4 Å². The normalized spacial score (nSPS) is 15.0. The molecule has 0 aliphatic carbocycles. The monoisotopic (exact) mass is 444 g/mol. The molecular formula is C27H25FN2O3. The highest BCUT2D eigenvalue weighted by Crippen LogP contribution is 2.36. The highest BCUT2D eigenvalue weighted by atomic mass is 19.1. The molecule has 3 aromatic rings. The van der Waals surface area contributed by atoms with E-state index >= 15 is 0 Å². The SMILES string of the molecule is COC(=O)C1=C(C)N(c2ccc(F)cc2)C(=O)/C1=C\c1cc(C)n(-c2cccc(C)c2)c1C. The average molecular weight is 445 g/mol. The number of hydrogen-bond donors (Lipinski definition) is 0. The third-order valence-corrected chi connectivity index (χ3v) is 5.90. The maximum absolute atomic E-state index is 13.5. The minimum atomic E-state index is -0.593. The van der Waals surface area contributed by atoms with Crippen LogP contribution in [0.5, 0.6) is 0 Å². The lowest BCUT2D eigenvalue weighted by Gasteiger charge is -2.17. The molecule has 2 heterocycles. The quantitative estimate of drug-likeness (QED) is 0.399. The molecule has 0 bridgehead atoms. The van der Waals surface area contributed by atoms with Gasteiger partial charge in [0.2, 0.25) is 0 Å². The molecule has 0 N–H and O–H groups in total. The summed E-state index contributed by atoms with van der Waals surface area (Å²) < 4.78 is 20.5. The number of aryl methyl sites for hydroxylation is 2. The summed E-state index contributed by atoms with van der Waals surface area (Å²) in [5.74, 6) is -1.36. The van der Waals surface area contributed by atoms with Crippen molar-refractivity contribution in [1.82, 2.24) is 4.57 Å². The standard InChI is InChI=1S/C27H25FN2O3/c1-16-7-6-8-23(13-16)29-17(2)14-20(18(29)3)15-24-25(27(32)33-5)19(4)30(26(24)31)22-11-9-21(28)10-12-22/h6-15H,1-5H3/b24-15-. The fraction of sp³-hybridized carbons (Fsp3) is 0.185. The molecule has 0 unspecified atom stereocenters. The minimum absolute atomic E-state index is 0.201. The van der Waals surface area contributed by atoms with Gasteiger partial charge in [-0.1, -0.05) is 12.1 Å². The summed E-state index contributed by atoms with van der Waals surface area (Å²) in [7, 11) is 1.29. The number of ether oxygens (including phenoxy) is 1. The number of carbonyl (C=O) groups excluding carboxylic acids is 2. The van der Waals surface area contributed by atoms with Crippen molar-refractivity contribution < 1.29 is 18.7 Å². The van der Waals surface area contributed by atoms with Crippen molar-refractivity contribution >= 4 is 23.6 Å². The van der Waals surface area contributed by atoms with Gasteiger partial charge in [0.15, 0.2) is 0 Å². The Bertz CT molecular complexity index is 1330. The second-order valence-electron chi connectivity index (χ2n) is 8.13. The molecule has 0 spiro atoms. The molecule has 6 heteroatoms. The van der Waals surface area contributed by atoms with Crippen molar-refractivity contribution in [2.45, 2.75) is 27.7 Å². The van der Waals surface area contributed by atoms with Gasteiger partial charge in [0.25, 0.3) is 5.91 Å². The van der Waals surface area contributed by atoms with Crippen molar-refractivity contribution in [1.29, 1.82) is 0 Å².